The maximum atomic E-state index is 12.2. The van der Waals surface area contributed by atoms with Crippen LogP contribution in [-0.2, 0) is 17.6 Å². The van der Waals surface area contributed by atoms with Gasteiger partial charge in [-0.15, -0.1) is 23.7 Å². The van der Waals surface area contributed by atoms with Gasteiger partial charge in [-0.2, -0.15) is 0 Å². The van der Waals surface area contributed by atoms with Crippen LogP contribution in [0.25, 0.3) is 0 Å². The van der Waals surface area contributed by atoms with Crippen molar-refractivity contribution in [2.24, 2.45) is 0 Å². The van der Waals surface area contributed by atoms with Crippen molar-refractivity contribution < 1.29 is 19.4 Å². The number of thiophene rings is 1. The zero-order chi connectivity index (χ0) is 17.7. The predicted octanol–water partition coefficient (Wildman–Crippen LogP) is 3.35. The summed E-state index contributed by atoms with van der Waals surface area (Å²) >= 11 is 1.48. The maximum absolute atomic E-state index is 12.2. The van der Waals surface area contributed by atoms with Crippen molar-refractivity contribution in [1.82, 2.24) is 5.32 Å². The molecular weight excluding hydrogens is 362 g/mol. The lowest BCUT2D eigenvalue weighted by atomic mass is 9.98. The molecule has 25 heavy (non-hydrogen) atoms. The SMILES string of the molecule is CCOC(=O)c1sc2c(c1OCC(O)CNC(C)(C)C)CCCC2.Cl. The van der Waals surface area contributed by atoms with E-state index in [2.05, 4.69) is 26.1 Å². The molecule has 1 aromatic rings. The molecule has 0 radical (unpaired) electrons. The van der Waals surface area contributed by atoms with Crippen molar-refractivity contribution in [1.29, 1.82) is 0 Å². The molecule has 2 N–H and O–H groups in total. The molecule has 5 nitrogen and oxygen atoms in total. The third-order valence-corrected chi connectivity index (χ3v) is 5.12. The number of fused-ring (bicyclic) bond motifs is 1. The molecule has 0 saturated heterocycles. The summed E-state index contributed by atoms with van der Waals surface area (Å²) in [4.78, 5) is 14.0. The zero-order valence-electron chi connectivity index (χ0n) is 15.5. The molecule has 0 amide bonds. The summed E-state index contributed by atoms with van der Waals surface area (Å²) in [5.41, 5.74) is 1.07. The average Bonchev–Trinajstić information content (AvgIpc) is 2.89. The molecule has 1 heterocycles. The smallest absolute Gasteiger partial charge is 0.352 e. The fourth-order valence-electron chi connectivity index (χ4n) is 2.68. The summed E-state index contributed by atoms with van der Waals surface area (Å²) < 4.78 is 11.1. The summed E-state index contributed by atoms with van der Waals surface area (Å²) in [5.74, 6) is 0.303. The van der Waals surface area contributed by atoms with E-state index in [9.17, 15) is 9.90 Å². The molecule has 1 unspecified atom stereocenters. The number of nitrogens with one attached hydrogen (secondary N) is 1. The molecule has 0 aromatic carbocycles. The zero-order valence-corrected chi connectivity index (χ0v) is 17.1. The lowest BCUT2D eigenvalue weighted by Gasteiger charge is -2.23. The van der Waals surface area contributed by atoms with Crippen LogP contribution in [0.3, 0.4) is 0 Å². The molecule has 1 atom stereocenters. The molecule has 7 heteroatoms. The second-order valence-corrected chi connectivity index (χ2v) is 8.29. The van der Waals surface area contributed by atoms with E-state index in [1.807, 2.05) is 0 Å². The van der Waals surface area contributed by atoms with Crippen LogP contribution in [0, 0.1) is 0 Å². The standard InChI is InChI=1S/C18H29NO4S.ClH/c1-5-22-17(21)16-15(13-8-6-7-9-14(13)24-16)23-11-12(20)10-19-18(2,3)4;/h12,19-20H,5-11H2,1-4H3;1H. The summed E-state index contributed by atoms with van der Waals surface area (Å²) in [5, 5.41) is 13.4. The molecule has 1 aromatic heterocycles. The number of ether oxygens (including phenoxy) is 2. The third kappa shape index (κ3) is 6.44. The largest absolute Gasteiger partial charge is 0.489 e. The quantitative estimate of drug-likeness (QED) is 0.697. The molecule has 0 saturated carbocycles. The Morgan fingerprint density at radius 1 is 1.32 bits per heavy atom. The number of aliphatic hydroxyl groups excluding tert-OH is 1. The summed E-state index contributed by atoms with van der Waals surface area (Å²) in [6.07, 6.45) is 3.54. The highest BCUT2D eigenvalue weighted by Crippen LogP contribution is 2.40. The first-order valence-corrected chi connectivity index (χ1v) is 9.51. The van der Waals surface area contributed by atoms with Gasteiger partial charge in [0.05, 0.1) is 6.61 Å². The maximum Gasteiger partial charge on any atom is 0.352 e. The van der Waals surface area contributed by atoms with Gasteiger partial charge in [-0.1, -0.05) is 0 Å². The fourth-order valence-corrected chi connectivity index (χ4v) is 3.91. The molecule has 0 spiro atoms. The Hall–Kier alpha value is -0.820. The number of hydrogen-bond acceptors (Lipinski definition) is 6. The first-order valence-electron chi connectivity index (χ1n) is 8.69. The first kappa shape index (κ1) is 22.2. The summed E-state index contributed by atoms with van der Waals surface area (Å²) in [6.45, 7) is 8.91. The molecule has 0 fully saturated rings. The Labute approximate surface area is 160 Å². The highest BCUT2D eigenvalue weighted by atomic mass is 35.5. The molecular formula is C18H30ClNO4S. The summed E-state index contributed by atoms with van der Waals surface area (Å²) in [7, 11) is 0. The normalized spacial score (nSPS) is 15.1. The van der Waals surface area contributed by atoms with Crippen molar-refractivity contribution in [3.8, 4) is 5.75 Å². The van der Waals surface area contributed by atoms with E-state index in [4.69, 9.17) is 9.47 Å². The van der Waals surface area contributed by atoms with Gasteiger partial charge in [-0.05, 0) is 53.4 Å². The number of aliphatic hydroxyl groups is 1. The number of β-amino-alcohol motifs (C(OH)–C–C–N with tert-alkyl or cyclic N) is 1. The van der Waals surface area contributed by atoms with Crippen LogP contribution in [0.4, 0.5) is 0 Å². The minimum absolute atomic E-state index is 0. The molecule has 0 bridgehead atoms. The molecule has 1 aliphatic carbocycles. The first-order chi connectivity index (χ1) is 11.3. The number of rotatable bonds is 7. The number of halogens is 1. The van der Waals surface area contributed by atoms with E-state index in [0.29, 0.717) is 23.8 Å². The highest BCUT2D eigenvalue weighted by molar-refractivity contribution is 7.14. The highest BCUT2D eigenvalue weighted by Gasteiger charge is 2.27. The van der Waals surface area contributed by atoms with Crippen molar-refractivity contribution in [3.63, 3.8) is 0 Å². The van der Waals surface area contributed by atoms with Gasteiger partial charge in [-0.25, -0.2) is 4.79 Å². The van der Waals surface area contributed by atoms with Gasteiger partial charge in [0.1, 0.15) is 18.5 Å². The van der Waals surface area contributed by atoms with E-state index in [1.54, 1.807) is 6.92 Å². The lowest BCUT2D eigenvalue weighted by molar-refractivity contribution is 0.0521. The molecule has 0 aliphatic heterocycles. The van der Waals surface area contributed by atoms with Gasteiger partial charge >= 0.3 is 5.97 Å². The number of esters is 1. The Bertz CT molecular complexity index is 568. The third-order valence-electron chi connectivity index (χ3n) is 3.87. The van der Waals surface area contributed by atoms with Crippen molar-refractivity contribution in [3.05, 3.63) is 15.3 Å². The number of hydrogen-bond donors (Lipinski definition) is 2. The lowest BCUT2D eigenvalue weighted by Crippen LogP contribution is -2.42. The van der Waals surface area contributed by atoms with E-state index in [0.717, 1.165) is 31.2 Å². The second kappa shape index (κ2) is 9.76. The fraction of sp³-hybridized carbons (Fsp3) is 0.722. The van der Waals surface area contributed by atoms with Crippen molar-refractivity contribution in [2.75, 3.05) is 19.8 Å². The molecule has 144 valence electrons. The van der Waals surface area contributed by atoms with Crippen LogP contribution in [0.1, 0.15) is 60.6 Å². The van der Waals surface area contributed by atoms with E-state index in [-0.39, 0.29) is 30.5 Å². The van der Waals surface area contributed by atoms with Crippen LogP contribution in [-0.4, -0.2) is 42.5 Å². The number of carbonyl (C=O) groups excluding carboxylic acids is 1. The van der Waals surface area contributed by atoms with E-state index >= 15 is 0 Å². The van der Waals surface area contributed by atoms with Crippen molar-refractivity contribution in [2.45, 2.75) is 65.0 Å². The number of aryl methyl sites for hydroxylation is 1. The van der Waals surface area contributed by atoms with Gasteiger partial charge in [0.15, 0.2) is 4.88 Å². The van der Waals surface area contributed by atoms with Gasteiger partial charge in [0.25, 0.3) is 0 Å². The van der Waals surface area contributed by atoms with Gasteiger partial charge in [0, 0.05) is 22.5 Å². The average molecular weight is 392 g/mol. The molecule has 1 aliphatic rings. The minimum Gasteiger partial charge on any atom is -0.489 e. The number of carbonyl (C=O) groups is 1. The topological polar surface area (TPSA) is 67.8 Å². The summed E-state index contributed by atoms with van der Waals surface area (Å²) in [6, 6.07) is 0. The second-order valence-electron chi connectivity index (χ2n) is 7.19. The van der Waals surface area contributed by atoms with Crippen LogP contribution in [0.5, 0.6) is 5.75 Å². The Morgan fingerprint density at radius 3 is 2.64 bits per heavy atom. The van der Waals surface area contributed by atoms with E-state index < -0.39 is 6.10 Å². The molecule has 2 rings (SSSR count). The Balaban J connectivity index is 0.00000312. The van der Waals surface area contributed by atoms with Crippen LogP contribution < -0.4 is 10.1 Å². The van der Waals surface area contributed by atoms with Crippen LogP contribution in [0.15, 0.2) is 0 Å². The van der Waals surface area contributed by atoms with Gasteiger partial charge in [0.2, 0.25) is 0 Å². The van der Waals surface area contributed by atoms with Gasteiger partial charge in [-0.3, -0.25) is 0 Å². The van der Waals surface area contributed by atoms with Crippen molar-refractivity contribution >= 4 is 29.7 Å². The van der Waals surface area contributed by atoms with Gasteiger partial charge < -0.3 is 19.9 Å². The van der Waals surface area contributed by atoms with Crippen LogP contribution in [0.2, 0.25) is 0 Å². The monoisotopic (exact) mass is 391 g/mol. The predicted molar refractivity (Wildman–Crippen MR) is 103 cm³/mol. The van der Waals surface area contributed by atoms with Crippen LogP contribution >= 0.6 is 23.7 Å². The Kier molecular flexibility index (Phi) is 8.68. The van der Waals surface area contributed by atoms with E-state index in [1.165, 1.54) is 16.2 Å². The Morgan fingerprint density at radius 2 is 2.00 bits per heavy atom. The minimum atomic E-state index is -0.626.